The molecule has 5 rings (SSSR count). The van der Waals surface area contributed by atoms with Crippen LogP contribution in [0.1, 0.15) is 33.6 Å². The highest BCUT2D eigenvalue weighted by molar-refractivity contribution is 7.98. The minimum Gasteiger partial charge on any atom is -0.308 e. The van der Waals surface area contributed by atoms with Crippen molar-refractivity contribution in [3.8, 4) is 17.1 Å². The maximum absolute atomic E-state index is 13.1. The molecule has 10 nitrogen and oxygen atoms in total. The SMILES string of the molecule is CSc1nccc(-n2nc(C(F)(F)F)cc2-c2cccc(C(F)(F)F)c2)n1.CSc1nccc(NN)n1.O=C(CC(=O)C(F)(F)F)c1cccc(C(F)(F)F)c1. The Balaban J connectivity index is 0.000000251. The van der Waals surface area contributed by atoms with Gasteiger partial charge in [0.2, 0.25) is 5.78 Å². The Morgan fingerprint density at radius 2 is 1.27 bits per heavy atom. The van der Waals surface area contributed by atoms with Crippen molar-refractivity contribution in [3.05, 3.63) is 102 Å². The zero-order chi connectivity index (χ0) is 42.1. The number of carbonyl (C=O) groups excluding carboxylic acids is 2. The molecule has 0 saturated carbocycles. The number of halogens is 12. The Bertz CT molecular complexity index is 2100. The fourth-order valence-corrected chi connectivity index (χ4v) is 4.75. The molecule has 0 aliphatic carbocycles. The first kappa shape index (κ1) is 45.2. The van der Waals surface area contributed by atoms with Gasteiger partial charge >= 0.3 is 24.7 Å². The van der Waals surface area contributed by atoms with Gasteiger partial charge in [0.25, 0.3) is 0 Å². The molecular weight excluding hydrogens is 821 g/mol. The van der Waals surface area contributed by atoms with E-state index in [4.69, 9.17) is 5.84 Å². The summed E-state index contributed by atoms with van der Waals surface area (Å²) in [6, 6.07) is 10.6. The van der Waals surface area contributed by atoms with Crippen LogP contribution in [-0.4, -0.2) is 60.0 Å². The van der Waals surface area contributed by atoms with Crippen molar-refractivity contribution < 1.29 is 62.3 Å². The van der Waals surface area contributed by atoms with Crippen LogP contribution in [0.3, 0.4) is 0 Å². The summed E-state index contributed by atoms with van der Waals surface area (Å²) < 4.78 is 152. The summed E-state index contributed by atoms with van der Waals surface area (Å²) in [4.78, 5) is 37.8. The lowest BCUT2D eigenvalue weighted by atomic mass is 10.0. The molecule has 300 valence electrons. The average molecular weight is 845 g/mol. The molecule has 0 bridgehead atoms. The Labute approximate surface area is 316 Å². The van der Waals surface area contributed by atoms with Crippen molar-refractivity contribution in [2.45, 2.75) is 41.4 Å². The molecule has 3 N–H and O–H groups in total. The van der Waals surface area contributed by atoms with Crippen LogP contribution in [0.5, 0.6) is 0 Å². The highest BCUT2D eigenvalue weighted by Gasteiger charge is 2.40. The van der Waals surface area contributed by atoms with Gasteiger partial charge in [0.1, 0.15) is 5.82 Å². The van der Waals surface area contributed by atoms with Crippen molar-refractivity contribution in [2.75, 3.05) is 17.9 Å². The van der Waals surface area contributed by atoms with E-state index in [0.29, 0.717) is 24.0 Å². The molecule has 0 unspecified atom stereocenters. The van der Waals surface area contributed by atoms with Crippen molar-refractivity contribution in [1.29, 1.82) is 0 Å². The maximum atomic E-state index is 13.1. The van der Waals surface area contributed by atoms with Gasteiger partial charge in [0.05, 0.1) is 23.2 Å². The molecule has 0 radical (unpaired) electrons. The summed E-state index contributed by atoms with van der Waals surface area (Å²) in [5.74, 6) is 2.17. The lowest BCUT2D eigenvalue weighted by Crippen LogP contribution is -2.25. The summed E-state index contributed by atoms with van der Waals surface area (Å²) in [6.45, 7) is 0. The van der Waals surface area contributed by atoms with Gasteiger partial charge in [0, 0.05) is 35.7 Å². The van der Waals surface area contributed by atoms with Crippen LogP contribution in [0.25, 0.3) is 17.1 Å². The summed E-state index contributed by atoms with van der Waals surface area (Å²) in [6.07, 6.45) is -14.2. The van der Waals surface area contributed by atoms with Crippen molar-refractivity contribution in [3.63, 3.8) is 0 Å². The van der Waals surface area contributed by atoms with Crippen LogP contribution in [0, 0.1) is 0 Å². The molecule has 0 aliphatic rings. The van der Waals surface area contributed by atoms with E-state index in [1.165, 1.54) is 30.1 Å². The minimum atomic E-state index is -5.18. The third-order valence-corrected chi connectivity index (χ3v) is 7.74. The number of carbonyl (C=O) groups is 2. The summed E-state index contributed by atoms with van der Waals surface area (Å²) >= 11 is 2.64. The van der Waals surface area contributed by atoms with Crippen LogP contribution >= 0.6 is 23.5 Å². The quantitative estimate of drug-likeness (QED) is 0.0294. The number of rotatable bonds is 8. The van der Waals surface area contributed by atoms with Crippen molar-refractivity contribution in [1.82, 2.24) is 29.7 Å². The maximum Gasteiger partial charge on any atom is 0.450 e. The van der Waals surface area contributed by atoms with E-state index in [-0.39, 0.29) is 22.2 Å². The molecular formula is C32H24F12N8O2S2. The van der Waals surface area contributed by atoms with Crippen LogP contribution in [0.2, 0.25) is 0 Å². The second-order valence-electron chi connectivity index (χ2n) is 10.5. The average Bonchev–Trinajstić information content (AvgIpc) is 3.61. The molecule has 0 spiro atoms. The molecule has 0 atom stereocenters. The van der Waals surface area contributed by atoms with Gasteiger partial charge in [-0.1, -0.05) is 47.8 Å². The van der Waals surface area contributed by atoms with Crippen molar-refractivity contribution >= 4 is 40.9 Å². The largest absolute Gasteiger partial charge is 0.450 e. The fraction of sp³-hybridized carbons (Fsp3) is 0.219. The van der Waals surface area contributed by atoms with Gasteiger partial charge in [-0.3, -0.25) is 9.59 Å². The highest BCUT2D eigenvalue weighted by Crippen LogP contribution is 2.36. The Morgan fingerprint density at radius 1 is 0.714 bits per heavy atom. The molecule has 24 heteroatoms. The number of nitrogens with one attached hydrogen (secondary N) is 1. The molecule has 56 heavy (non-hydrogen) atoms. The van der Waals surface area contributed by atoms with E-state index in [2.05, 4.69) is 30.5 Å². The van der Waals surface area contributed by atoms with Gasteiger partial charge < -0.3 is 5.43 Å². The Hall–Kier alpha value is -5.23. The number of Topliss-reactive ketones (excluding diaryl/α,β-unsaturated/α-hetero) is 2. The monoisotopic (exact) mass is 844 g/mol. The highest BCUT2D eigenvalue weighted by atomic mass is 32.2. The number of nitrogens with zero attached hydrogens (tertiary/aromatic N) is 6. The molecule has 3 heterocycles. The number of alkyl halides is 12. The van der Waals surface area contributed by atoms with E-state index < -0.39 is 65.1 Å². The van der Waals surface area contributed by atoms with Crippen molar-refractivity contribution in [2.24, 2.45) is 5.84 Å². The number of benzene rings is 2. The molecule has 0 fully saturated rings. The zero-order valence-corrected chi connectivity index (χ0v) is 29.8. The van der Waals surface area contributed by atoms with E-state index in [9.17, 15) is 62.3 Å². The van der Waals surface area contributed by atoms with Crippen LogP contribution in [0.4, 0.5) is 58.5 Å². The molecule has 0 aliphatic heterocycles. The number of anilines is 1. The Morgan fingerprint density at radius 3 is 1.80 bits per heavy atom. The normalized spacial score (nSPS) is 11.8. The minimum absolute atomic E-state index is 0.0114. The molecule has 2 aromatic carbocycles. The lowest BCUT2D eigenvalue weighted by molar-refractivity contribution is -0.170. The standard InChI is InChI=1S/C16H10F6N4S.C11H6F6O2.C5H8N4S/c1-27-14-23-6-5-13(24-14)26-11(8-12(25-26)16(20,21)22)9-3-2-4-10(7-9)15(17,18)19;12-10(13,14)7-3-1-2-6(4-7)8(18)5-9(19)11(15,16)17;1-10-5-7-3-2-4(8-5)9-6/h2-8H,1H3;1-4H,5H2;2-3H,6H2,1H3,(H,7,8,9). The van der Waals surface area contributed by atoms with E-state index >= 15 is 0 Å². The molecule has 0 amide bonds. The fourth-order valence-electron chi connectivity index (χ4n) is 4.04. The number of ketones is 2. The van der Waals surface area contributed by atoms with Crippen LogP contribution < -0.4 is 11.3 Å². The van der Waals surface area contributed by atoms with Gasteiger partial charge in [-0.15, -0.1) is 0 Å². The lowest BCUT2D eigenvalue weighted by Gasteiger charge is -2.10. The smallest absolute Gasteiger partial charge is 0.308 e. The van der Waals surface area contributed by atoms with Crippen LogP contribution in [-0.2, 0) is 23.3 Å². The summed E-state index contributed by atoms with van der Waals surface area (Å²) in [5.41, 5.74) is -1.78. The zero-order valence-electron chi connectivity index (χ0n) is 28.1. The van der Waals surface area contributed by atoms with E-state index in [1.807, 2.05) is 6.26 Å². The first-order valence-corrected chi connectivity index (χ1v) is 17.3. The van der Waals surface area contributed by atoms with Gasteiger partial charge in [-0.05, 0) is 42.8 Å². The summed E-state index contributed by atoms with van der Waals surface area (Å²) in [7, 11) is 0. The third-order valence-electron chi connectivity index (χ3n) is 6.62. The van der Waals surface area contributed by atoms with Gasteiger partial charge in [0.15, 0.2) is 27.6 Å². The number of hydrogen-bond acceptors (Lipinski definition) is 11. The molecule has 0 saturated heterocycles. The predicted molar refractivity (Wildman–Crippen MR) is 179 cm³/mol. The number of hydrazine groups is 1. The molecule has 5 aromatic rings. The second-order valence-corrected chi connectivity index (χ2v) is 12.0. The number of nitrogens with two attached hydrogens (primary N) is 1. The number of nitrogen functional groups attached to an aromatic ring is 1. The first-order chi connectivity index (χ1) is 26.0. The van der Waals surface area contributed by atoms with Gasteiger partial charge in [-0.25, -0.2) is 30.5 Å². The molecule has 3 aromatic heterocycles. The third kappa shape index (κ3) is 12.9. The van der Waals surface area contributed by atoms with E-state index in [0.717, 1.165) is 51.9 Å². The van der Waals surface area contributed by atoms with Gasteiger partial charge in [-0.2, -0.15) is 57.8 Å². The Kier molecular flexibility index (Phi) is 15.0. The van der Waals surface area contributed by atoms with Crippen LogP contribution in [0.15, 0.2) is 89.4 Å². The topological polar surface area (TPSA) is 142 Å². The number of thioether (sulfide) groups is 2. The number of aromatic nitrogens is 6. The second kappa shape index (κ2) is 18.6. The summed E-state index contributed by atoms with van der Waals surface area (Å²) in [5, 5.41) is 4.51. The van der Waals surface area contributed by atoms with E-state index in [1.54, 1.807) is 18.5 Å². The number of hydrogen-bond donors (Lipinski definition) is 2. The predicted octanol–water partition coefficient (Wildman–Crippen LogP) is 8.98. The first-order valence-electron chi connectivity index (χ1n) is 14.8.